The summed E-state index contributed by atoms with van der Waals surface area (Å²) in [5, 5.41) is 3.30. The highest BCUT2D eigenvalue weighted by Gasteiger charge is 2.33. The SMILES string of the molecule is CCOc1ccc(N(CC(=O)N(Cc2ccccc2)C(C)C(=O)NC(C)(C)C)S(=O)(=O)c2ccc(Cl)cc2)cc1. The standard InChI is InChI=1S/C30H36ClN3O5S/c1-6-39-26-16-14-25(15-17-26)34(40(37,38)27-18-12-24(31)13-19-27)21-28(35)33(20-23-10-8-7-9-11-23)22(2)29(36)32-30(3,4)5/h7-19,22H,6,20-21H2,1-5H3,(H,32,36). The number of hydrogen-bond acceptors (Lipinski definition) is 5. The number of carbonyl (C=O) groups is 2. The normalized spacial score (nSPS) is 12.3. The molecule has 214 valence electrons. The van der Waals surface area contributed by atoms with Crippen LogP contribution in [0.25, 0.3) is 0 Å². The molecule has 0 spiro atoms. The molecule has 3 rings (SSSR count). The van der Waals surface area contributed by atoms with Gasteiger partial charge in [-0.2, -0.15) is 0 Å². The predicted molar refractivity (Wildman–Crippen MR) is 158 cm³/mol. The molecular weight excluding hydrogens is 550 g/mol. The molecule has 0 bridgehead atoms. The Morgan fingerprint density at radius 3 is 2.10 bits per heavy atom. The van der Waals surface area contributed by atoms with Crippen molar-refractivity contribution < 1.29 is 22.7 Å². The second kappa shape index (κ2) is 13.2. The summed E-state index contributed by atoms with van der Waals surface area (Å²) in [5.41, 5.74) is 0.566. The fraction of sp³-hybridized carbons (Fsp3) is 0.333. The molecule has 3 aromatic carbocycles. The molecule has 1 unspecified atom stereocenters. The maximum atomic E-state index is 13.9. The van der Waals surface area contributed by atoms with Gasteiger partial charge in [-0.05, 0) is 88.7 Å². The lowest BCUT2D eigenvalue weighted by atomic mass is 10.1. The zero-order valence-electron chi connectivity index (χ0n) is 23.4. The van der Waals surface area contributed by atoms with Gasteiger partial charge < -0.3 is 15.0 Å². The number of ether oxygens (including phenoxy) is 1. The van der Waals surface area contributed by atoms with E-state index in [-0.39, 0.29) is 23.0 Å². The van der Waals surface area contributed by atoms with Gasteiger partial charge in [0, 0.05) is 17.1 Å². The second-order valence-corrected chi connectivity index (χ2v) is 12.6. The zero-order valence-corrected chi connectivity index (χ0v) is 25.0. The lowest BCUT2D eigenvalue weighted by Gasteiger charge is -2.33. The lowest BCUT2D eigenvalue weighted by molar-refractivity contribution is -0.140. The van der Waals surface area contributed by atoms with Gasteiger partial charge in [0.25, 0.3) is 10.0 Å². The van der Waals surface area contributed by atoms with Crippen LogP contribution in [0.4, 0.5) is 5.69 Å². The van der Waals surface area contributed by atoms with Gasteiger partial charge in [-0.15, -0.1) is 0 Å². The van der Waals surface area contributed by atoms with E-state index in [1.165, 1.54) is 29.2 Å². The first-order valence-electron chi connectivity index (χ1n) is 13.0. The fourth-order valence-corrected chi connectivity index (χ4v) is 5.51. The molecule has 0 radical (unpaired) electrons. The van der Waals surface area contributed by atoms with Crippen molar-refractivity contribution in [1.29, 1.82) is 0 Å². The summed E-state index contributed by atoms with van der Waals surface area (Å²) in [6.07, 6.45) is 0. The first-order chi connectivity index (χ1) is 18.8. The van der Waals surface area contributed by atoms with Crippen molar-refractivity contribution in [1.82, 2.24) is 10.2 Å². The van der Waals surface area contributed by atoms with E-state index < -0.39 is 34.1 Å². The molecule has 1 N–H and O–H groups in total. The lowest BCUT2D eigenvalue weighted by Crippen LogP contribution is -2.54. The van der Waals surface area contributed by atoms with Crippen LogP contribution < -0.4 is 14.4 Å². The highest BCUT2D eigenvalue weighted by molar-refractivity contribution is 7.92. The summed E-state index contributed by atoms with van der Waals surface area (Å²) in [7, 11) is -4.19. The first kappa shape index (κ1) is 31.0. The van der Waals surface area contributed by atoms with E-state index in [4.69, 9.17) is 16.3 Å². The molecule has 1 atom stereocenters. The van der Waals surface area contributed by atoms with E-state index in [1.54, 1.807) is 31.2 Å². The highest BCUT2D eigenvalue weighted by atomic mass is 35.5. The molecule has 3 aromatic rings. The largest absolute Gasteiger partial charge is 0.494 e. The number of nitrogens with zero attached hydrogens (tertiary/aromatic N) is 2. The van der Waals surface area contributed by atoms with Crippen molar-refractivity contribution in [2.45, 2.75) is 57.6 Å². The Balaban J connectivity index is 2.02. The third-order valence-electron chi connectivity index (χ3n) is 5.98. The van der Waals surface area contributed by atoms with E-state index in [2.05, 4.69) is 5.32 Å². The molecule has 0 fully saturated rings. The van der Waals surface area contributed by atoms with Crippen LogP contribution in [0.15, 0.2) is 83.8 Å². The molecule has 0 saturated heterocycles. The van der Waals surface area contributed by atoms with E-state index in [0.717, 1.165) is 9.87 Å². The molecule has 0 aliphatic carbocycles. The van der Waals surface area contributed by atoms with Crippen molar-refractivity contribution in [3.8, 4) is 5.75 Å². The molecule has 0 aliphatic heterocycles. The summed E-state index contributed by atoms with van der Waals surface area (Å²) in [6.45, 7) is 9.09. The van der Waals surface area contributed by atoms with Crippen LogP contribution in [0.1, 0.15) is 40.2 Å². The monoisotopic (exact) mass is 585 g/mol. The molecule has 40 heavy (non-hydrogen) atoms. The number of hydrogen-bond donors (Lipinski definition) is 1. The Morgan fingerprint density at radius 2 is 1.55 bits per heavy atom. The number of halogens is 1. The minimum Gasteiger partial charge on any atom is -0.494 e. The Bertz CT molecular complexity index is 1390. The van der Waals surface area contributed by atoms with Crippen LogP contribution in [0, 0.1) is 0 Å². The van der Waals surface area contributed by atoms with Gasteiger partial charge in [0.2, 0.25) is 11.8 Å². The quantitative estimate of drug-likeness (QED) is 0.331. The van der Waals surface area contributed by atoms with Crippen LogP contribution in [-0.2, 0) is 26.2 Å². The smallest absolute Gasteiger partial charge is 0.264 e. The maximum Gasteiger partial charge on any atom is 0.264 e. The number of benzene rings is 3. The van der Waals surface area contributed by atoms with E-state index in [9.17, 15) is 18.0 Å². The number of nitrogens with one attached hydrogen (secondary N) is 1. The van der Waals surface area contributed by atoms with Crippen molar-refractivity contribution >= 4 is 39.1 Å². The average Bonchev–Trinajstić information content (AvgIpc) is 2.90. The third-order valence-corrected chi connectivity index (χ3v) is 8.02. The van der Waals surface area contributed by atoms with Gasteiger partial charge in [0.05, 0.1) is 17.2 Å². The van der Waals surface area contributed by atoms with Gasteiger partial charge in [-0.3, -0.25) is 13.9 Å². The first-order valence-corrected chi connectivity index (χ1v) is 14.8. The van der Waals surface area contributed by atoms with Crippen LogP contribution in [0.5, 0.6) is 5.75 Å². The molecule has 8 nitrogen and oxygen atoms in total. The summed E-state index contributed by atoms with van der Waals surface area (Å²) < 4.78 is 34.3. The van der Waals surface area contributed by atoms with Crippen molar-refractivity contribution in [3.05, 3.63) is 89.4 Å². The van der Waals surface area contributed by atoms with Crippen LogP contribution in [-0.4, -0.2) is 49.9 Å². The maximum absolute atomic E-state index is 13.9. The molecule has 0 aromatic heterocycles. The molecule has 0 saturated carbocycles. The van der Waals surface area contributed by atoms with Gasteiger partial charge in [-0.1, -0.05) is 41.9 Å². The van der Waals surface area contributed by atoms with Gasteiger partial charge in [-0.25, -0.2) is 8.42 Å². The minimum atomic E-state index is -4.19. The number of rotatable bonds is 11. The number of carbonyl (C=O) groups excluding carboxylic acids is 2. The molecule has 2 amide bonds. The predicted octanol–water partition coefficient (Wildman–Crippen LogP) is 5.27. The highest BCUT2D eigenvalue weighted by Crippen LogP contribution is 2.27. The average molecular weight is 586 g/mol. The van der Waals surface area contributed by atoms with Crippen LogP contribution in [0.2, 0.25) is 5.02 Å². The molecule has 10 heteroatoms. The Labute approximate surface area is 241 Å². The number of amides is 2. The minimum absolute atomic E-state index is 0.0216. The number of sulfonamides is 1. The van der Waals surface area contributed by atoms with E-state index in [1.807, 2.05) is 58.0 Å². The van der Waals surface area contributed by atoms with Crippen molar-refractivity contribution in [2.24, 2.45) is 0 Å². The summed E-state index contributed by atoms with van der Waals surface area (Å²) in [5.74, 6) is -0.309. The summed E-state index contributed by atoms with van der Waals surface area (Å²) >= 11 is 6.00. The Morgan fingerprint density at radius 1 is 0.950 bits per heavy atom. The summed E-state index contributed by atoms with van der Waals surface area (Å²) in [6, 6.07) is 20.6. The van der Waals surface area contributed by atoms with Crippen LogP contribution in [0.3, 0.4) is 0 Å². The van der Waals surface area contributed by atoms with Gasteiger partial charge >= 0.3 is 0 Å². The van der Waals surface area contributed by atoms with E-state index in [0.29, 0.717) is 17.4 Å². The topological polar surface area (TPSA) is 96.0 Å². The van der Waals surface area contributed by atoms with E-state index >= 15 is 0 Å². The van der Waals surface area contributed by atoms with Crippen molar-refractivity contribution in [2.75, 3.05) is 17.5 Å². The Hall–Kier alpha value is -3.56. The second-order valence-electron chi connectivity index (χ2n) is 10.3. The van der Waals surface area contributed by atoms with Crippen molar-refractivity contribution in [3.63, 3.8) is 0 Å². The molecule has 0 aliphatic rings. The van der Waals surface area contributed by atoms with Gasteiger partial charge in [0.1, 0.15) is 18.3 Å². The molecular formula is C30H36ClN3O5S. The zero-order chi connectivity index (χ0) is 29.5. The summed E-state index contributed by atoms with van der Waals surface area (Å²) in [4.78, 5) is 28.5. The third kappa shape index (κ3) is 8.22. The van der Waals surface area contributed by atoms with Gasteiger partial charge in [0.15, 0.2) is 0 Å². The molecule has 0 heterocycles. The number of anilines is 1. The Kier molecular flexibility index (Phi) is 10.2. The fourth-order valence-electron chi connectivity index (χ4n) is 3.97. The van der Waals surface area contributed by atoms with Crippen LogP contribution >= 0.6 is 11.6 Å².